The molecule has 0 saturated carbocycles. The van der Waals surface area contributed by atoms with E-state index in [1.54, 1.807) is 12.1 Å². The first-order valence-electron chi connectivity index (χ1n) is 11.4. The van der Waals surface area contributed by atoms with Crippen LogP contribution in [-0.2, 0) is 4.79 Å². The highest BCUT2D eigenvalue weighted by Gasteiger charge is 2.43. The fraction of sp³-hybridized carbons (Fsp3) is 0.333. The fourth-order valence-corrected chi connectivity index (χ4v) is 5.24. The summed E-state index contributed by atoms with van der Waals surface area (Å²) in [7, 11) is 3.01. The third-order valence-electron chi connectivity index (χ3n) is 6.71. The molecule has 7 heteroatoms. The third kappa shape index (κ3) is 3.43. The van der Waals surface area contributed by atoms with Crippen LogP contribution in [0.4, 0.5) is 5.82 Å². The lowest BCUT2D eigenvalue weighted by atomic mass is 9.69. The fourth-order valence-electron chi connectivity index (χ4n) is 5.24. The average molecular weight is 460 g/mol. The number of fused-ring (bicyclic) bond motifs is 1. The topological polar surface area (TPSA) is 85.6 Å². The smallest absolute Gasteiger partial charge is 0.200 e. The molecule has 0 fully saturated rings. The van der Waals surface area contributed by atoms with Gasteiger partial charge in [-0.1, -0.05) is 32.0 Å². The molecule has 3 aromatic rings. The monoisotopic (exact) mass is 459 g/mol. The van der Waals surface area contributed by atoms with Crippen LogP contribution in [0.15, 0.2) is 53.7 Å². The zero-order valence-corrected chi connectivity index (χ0v) is 20.1. The maximum atomic E-state index is 13.6. The Bertz CT molecular complexity index is 1300. The number of rotatable bonds is 4. The zero-order chi connectivity index (χ0) is 24.2. The van der Waals surface area contributed by atoms with Crippen LogP contribution in [0.3, 0.4) is 0 Å². The lowest BCUT2D eigenvalue weighted by Crippen LogP contribution is -2.34. The number of ether oxygens (including phenoxy) is 2. The van der Waals surface area contributed by atoms with E-state index in [2.05, 4.69) is 19.2 Å². The first-order valence-corrected chi connectivity index (χ1v) is 11.4. The van der Waals surface area contributed by atoms with Crippen molar-refractivity contribution in [2.45, 2.75) is 39.5 Å². The van der Waals surface area contributed by atoms with Crippen molar-refractivity contribution in [2.24, 2.45) is 5.41 Å². The van der Waals surface area contributed by atoms with Gasteiger partial charge in [0.15, 0.2) is 17.3 Å². The summed E-state index contributed by atoms with van der Waals surface area (Å²) in [6, 6.07) is 13.5. The van der Waals surface area contributed by atoms with Gasteiger partial charge in [0.2, 0.25) is 5.75 Å². The minimum absolute atomic E-state index is 0.0649. The van der Waals surface area contributed by atoms with Gasteiger partial charge in [0.25, 0.3) is 0 Å². The van der Waals surface area contributed by atoms with Gasteiger partial charge in [0, 0.05) is 29.2 Å². The van der Waals surface area contributed by atoms with Gasteiger partial charge >= 0.3 is 0 Å². The standard InChI is InChI=1S/C27H29N3O4/c1-15-22-23(16-11-20(33-4)25(32)21(12-16)34-5)24-18(13-27(2,3)14-19(24)31)28-26(22)30(29-15)17-9-7-6-8-10-17/h6-12,23,28,32H,13-14H2,1-5H3. The maximum absolute atomic E-state index is 13.6. The van der Waals surface area contributed by atoms with Crippen molar-refractivity contribution in [2.75, 3.05) is 19.5 Å². The molecule has 2 aromatic carbocycles. The lowest BCUT2D eigenvalue weighted by molar-refractivity contribution is -0.118. The predicted molar refractivity (Wildman–Crippen MR) is 130 cm³/mol. The predicted octanol–water partition coefficient (Wildman–Crippen LogP) is 5.10. The number of aromatic hydroxyl groups is 1. The van der Waals surface area contributed by atoms with Crippen LogP contribution in [0, 0.1) is 12.3 Å². The van der Waals surface area contributed by atoms with Crippen molar-refractivity contribution >= 4 is 11.6 Å². The molecule has 0 radical (unpaired) electrons. The highest BCUT2D eigenvalue weighted by Crippen LogP contribution is 2.52. The number of hydrogen-bond donors (Lipinski definition) is 2. The Morgan fingerprint density at radius 3 is 2.35 bits per heavy atom. The Kier molecular flexibility index (Phi) is 5.15. The van der Waals surface area contributed by atoms with Gasteiger partial charge in [-0.15, -0.1) is 0 Å². The van der Waals surface area contributed by atoms with Gasteiger partial charge in [0.05, 0.1) is 25.6 Å². The van der Waals surface area contributed by atoms with Crippen molar-refractivity contribution in [3.8, 4) is 22.9 Å². The van der Waals surface area contributed by atoms with E-state index in [1.165, 1.54) is 14.2 Å². The number of carbonyl (C=O) groups is 1. The number of allylic oxidation sites excluding steroid dienone is 2. The molecule has 1 unspecified atom stereocenters. The molecule has 2 N–H and O–H groups in total. The van der Waals surface area contributed by atoms with Gasteiger partial charge in [0.1, 0.15) is 5.82 Å². The molecule has 0 bridgehead atoms. The normalized spacial score (nSPS) is 18.7. The minimum Gasteiger partial charge on any atom is -0.502 e. The molecule has 176 valence electrons. The number of carbonyl (C=O) groups excluding carboxylic acids is 1. The van der Waals surface area contributed by atoms with Gasteiger partial charge in [-0.05, 0) is 48.6 Å². The highest BCUT2D eigenvalue weighted by molar-refractivity contribution is 6.01. The van der Waals surface area contributed by atoms with E-state index in [1.807, 2.05) is 41.9 Å². The summed E-state index contributed by atoms with van der Waals surface area (Å²) in [4.78, 5) is 13.6. The van der Waals surface area contributed by atoms with E-state index < -0.39 is 0 Å². The van der Waals surface area contributed by atoms with Crippen LogP contribution in [-0.4, -0.2) is 34.9 Å². The molecule has 1 aliphatic carbocycles. The van der Waals surface area contributed by atoms with E-state index >= 15 is 0 Å². The number of aryl methyl sites for hydroxylation is 1. The van der Waals surface area contributed by atoms with Crippen molar-refractivity contribution in [3.63, 3.8) is 0 Å². The van der Waals surface area contributed by atoms with E-state index in [9.17, 15) is 9.90 Å². The summed E-state index contributed by atoms with van der Waals surface area (Å²) in [5.41, 5.74) is 5.02. The van der Waals surface area contributed by atoms with E-state index in [0.717, 1.165) is 46.0 Å². The molecule has 34 heavy (non-hydrogen) atoms. The Balaban J connectivity index is 1.79. The van der Waals surface area contributed by atoms with Crippen LogP contribution in [0.25, 0.3) is 5.69 Å². The van der Waals surface area contributed by atoms with E-state index in [-0.39, 0.29) is 22.9 Å². The number of nitrogens with one attached hydrogen (secondary N) is 1. The third-order valence-corrected chi connectivity index (χ3v) is 6.71. The second kappa shape index (κ2) is 7.94. The quantitative estimate of drug-likeness (QED) is 0.564. The van der Waals surface area contributed by atoms with Gasteiger partial charge in [-0.2, -0.15) is 5.10 Å². The molecule has 1 aromatic heterocycles. The lowest BCUT2D eigenvalue weighted by Gasteiger charge is -2.38. The Morgan fingerprint density at radius 1 is 1.09 bits per heavy atom. The molecule has 1 atom stereocenters. The second-order valence-electron chi connectivity index (χ2n) is 9.76. The summed E-state index contributed by atoms with van der Waals surface area (Å²) in [6.45, 7) is 6.20. The maximum Gasteiger partial charge on any atom is 0.200 e. The summed E-state index contributed by atoms with van der Waals surface area (Å²) in [5.74, 6) is 1.14. The SMILES string of the molecule is COc1cc(C2C3=C(CC(C)(C)CC3=O)Nc3c2c(C)nn3-c2ccccc2)cc(OC)c1O. The molecule has 7 nitrogen and oxygen atoms in total. The van der Waals surface area contributed by atoms with Crippen molar-refractivity contribution < 1.29 is 19.4 Å². The van der Waals surface area contributed by atoms with E-state index in [4.69, 9.17) is 14.6 Å². The molecule has 5 rings (SSSR count). The molecule has 0 spiro atoms. The van der Waals surface area contributed by atoms with E-state index in [0.29, 0.717) is 17.9 Å². The largest absolute Gasteiger partial charge is 0.502 e. The number of ketones is 1. The van der Waals surface area contributed by atoms with Crippen molar-refractivity contribution in [3.05, 3.63) is 70.6 Å². The van der Waals surface area contributed by atoms with Crippen LogP contribution >= 0.6 is 0 Å². The number of benzene rings is 2. The van der Waals surface area contributed by atoms with Crippen LogP contribution < -0.4 is 14.8 Å². The molecular weight excluding hydrogens is 430 g/mol. The Morgan fingerprint density at radius 2 is 1.74 bits per heavy atom. The Hall–Kier alpha value is -3.74. The number of phenolic OH excluding ortho intramolecular Hbond substituents is 1. The highest BCUT2D eigenvalue weighted by atomic mass is 16.5. The number of anilines is 1. The molecule has 0 amide bonds. The Labute approximate surface area is 199 Å². The van der Waals surface area contributed by atoms with Crippen molar-refractivity contribution in [1.82, 2.24) is 9.78 Å². The summed E-state index contributed by atoms with van der Waals surface area (Å²) in [6.07, 6.45) is 1.22. The number of nitrogens with zero attached hydrogens (tertiary/aromatic N) is 2. The molecular formula is C27H29N3O4. The average Bonchev–Trinajstić information content (AvgIpc) is 3.13. The number of methoxy groups -OCH3 is 2. The zero-order valence-electron chi connectivity index (χ0n) is 20.1. The molecule has 2 heterocycles. The van der Waals surface area contributed by atoms with Crippen LogP contribution in [0.2, 0.25) is 0 Å². The summed E-state index contributed by atoms with van der Waals surface area (Å²) < 4.78 is 12.8. The van der Waals surface area contributed by atoms with Gasteiger partial charge in [-0.25, -0.2) is 4.68 Å². The molecule has 2 aliphatic rings. The number of Topliss-reactive ketones (excluding diaryl/α,β-unsaturated/α-hetero) is 1. The van der Waals surface area contributed by atoms with Crippen molar-refractivity contribution in [1.29, 1.82) is 0 Å². The first kappa shape index (κ1) is 22.1. The van der Waals surface area contributed by atoms with Gasteiger partial charge < -0.3 is 19.9 Å². The molecule has 0 saturated heterocycles. The van der Waals surface area contributed by atoms with Crippen LogP contribution in [0.5, 0.6) is 17.2 Å². The minimum atomic E-state index is -0.365. The number of hydrogen-bond acceptors (Lipinski definition) is 6. The number of para-hydroxylation sites is 1. The summed E-state index contributed by atoms with van der Waals surface area (Å²) in [5, 5.41) is 19.0. The van der Waals surface area contributed by atoms with Crippen LogP contribution in [0.1, 0.15) is 49.4 Å². The van der Waals surface area contributed by atoms with Gasteiger partial charge in [-0.3, -0.25) is 4.79 Å². The first-order chi connectivity index (χ1) is 16.2. The number of phenols is 1. The molecule has 1 aliphatic heterocycles. The summed E-state index contributed by atoms with van der Waals surface area (Å²) >= 11 is 0. The second-order valence-corrected chi connectivity index (χ2v) is 9.76. The number of aromatic nitrogens is 2.